The molecule has 0 radical (unpaired) electrons. The van der Waals surface area contributed by atoms with Gasteiger partial charge in [-0.05, 0) is 55.7 Å². The fourth-order valence-electron chi connectivity index (χ4n) is 3.20. The van der Waals surface area contributed by atoms with Crippen LogP contribution in [0.4, 0.5) is 0 Å². The Morgan fingerprint density at radius 2 is 0.700 bits per heavy atom. The van der Waals surface area contributed by atoms with Crippen LogP contribution in [-0.4, -0.2) is 58.0 Å². The van der Waals surface area contributed by atoms with Crippen molar-refractivity contribution < 1.29 is 28.4 Å². The van der Waals surface area contributed by atoms with Crippen molar-refractivity contribution in [3.63, 3.8) is 0 Å². The van der Waals surface area contributed by atoms with Crippen LogP contribution in [-0.2, 0) is 14.2 Å². The topological polar surface area (TPSA) is 65.3 Å². The Kier molecular flexibility index (Phi) is 15.8. The maximum atomic E-state index is 5.54. The van der Waals surface area contributed by atoms with Crippen molar-refractivity contribution in [1.82, 2.24) is 0 Å². The van der Waals surface area contributed by atoms with E-state index in [2.05, 4.69) is 0 Å². The van der Waals surface area contributed by atoms with E-state index in [1.807, 2.05) is 121 Å². The minimum absolute atomic E-state index is 0.338. The molecule has 0 amide bonds. The van der Waals surface area contributed by atoms with Crippen molar-refractivity contribution >= 4 is 0 Å². The first kappa shape index (κ1) is 33.1. The van der Waals surface area contributed by atoms with Crippen molar-refractivity contribution in [3.8, 4) is 17.2 Å². The zero-order valence-corrected chi connectivity index (χ0v) is 25.4. The fraction of sp³-hybridized carbons (Fsp3) is 0.471. The summed E-state index contributed by atoms with van der Waals surface area (Å²) in [6.45, 7) is 18.7. The molecule has 6 heteroatoms. The summed E-state index contributed by atoms with van der Waals surface area (Å²) in [5, 5.41) is 0. The van der Waals surface area contributed by atoms with Gasteiger partial charge in [-0.3, -0.25) is 0 Å². The molecule has 0 saturated carbocycles. The highest BCUT2D eigenvalue weighted by molar-refractivity contribution is 5.33. The smallest absolute Gasteiger partial charge is 0.122 e. The van der Waals surface area contributed by atoms with Crippen molar-refractivity contribution in [2.24, 2.45) is 0 Å². The van der Waals surface area contributed by atoms with Crippen LogP contribution in [0.3, 0.4) is 0 Å². The number of aryl methyl sites for hydroxylation is 3. The van der Waals surface area contributed by atoms with E-state index in [0.29, 0.717) is 38.1 Å². The highest BCUT2D eigenvalue weighted by Crippen LogP contribution is 2.20. The lowest BCUT2D eigenvalue weighted by atomic mass is 10.2. The van der Waals surface area contributed by atoms with Gasteiger partial charge in [0.2, 0.25) is 0 Å². The highest BCUT2D eigenvalue weighted by Gasteiger charge is 2.24. The normalized spacial score (nSPS) is 18.8. The van der Waals surface area contributed by atoms with Gasteiger partial charge in [0.25, 0.3) is 0 Å². The summed E-state index contributed by atoms with van der Waals surface area (Å²) in [4.78, 5) is 0. The third-order valence-electron chi connectivity index (χ3n) is 5.76. The predicted octanol–water partition coefficient (Wildman–Crippen LogP) is 7.37. The van der Waals surface area contributed by atoms with E-state index >= 15 is 0 Å². The van der Waals surface area contributed by atoms with Crippen molar-refractivity contribution in [2.45, 2.75) is 66.8 Å². The van der Waals surface area contributed by atoms with Crippen LogP contribution >= 0.6 is 0 Å². The summed E-state index contributed by atoms with van der Waals surface area (Å²) in [5.41, 5.74) is 3.54. The summed E-state index contributed by atoms with van der Waals surface area (Å²) < 4.78 is 31.7. The Bertz CT molecular complexity index is 937. The first-order valence-corrected chi connectivity index (χ1v) is 14.5. The summed E-state index contributed by atoms with van der Waals surface area (Å²) in [7, 11) is 0. The van der Waals surface area contributed by atoms with Crippen LogP contribution in [0, 0.1) is 20.8 Å². The number of benzene rings is 3. The van der Waals surface area contributed by atoms with Gasteiger partial charge in [0.1, 0.15) is 55.4 Å². The molecule has 0 bridgehead atoms. The van der Waals surface area contributed by atoms with Gasteiger partial charge in [0, 0.05) is 0 Å². The van der Waals surface area contributed by atoms with Crippen molar-refractivity contribution in [1.29, 1.82) is 0 Å². The molecule has 0 aromatic heterocycles. The van der Waals surface area contributed by atoms with Gasteiger partial charge in [-0.1, -0.05) is 82.3 Å². The van der Waals surface area contributed by atoms with Crippen LogP contribution in [0.5, 0.6) is 17.2 Å². The Morgan fingerprint density at radius 3 is 0.900 bits per heavy atom. The minimum atomic E-state index is 0.338. The number of para-hydroxylation sites is 3. The lowest BCUT2D eigenvalue weighted by molar-refractivity contribution is 0.262. The van der Waals surface area contributed by atoms with E-state index in [9.17, 15) is 0 Å². The maximum absolute atomic E-state index is 5.54. The Hall–Kier alpha value is -3.06. The third-order valence-corrected chi connectivity index (χ3v) is 5.76. The minimum Gasteiger partial charge on any atom is -0.491 e. The van der Waals surface area contributed by atoms with Crippen LogP contribution in [0.1, 0.15) is 44.4 Å². The molecule has 0 spiro atoms. The zero-order chi connectivity index (χ0) is 29.2. The van der Waals surface area contributed by atoms with Gasteiger partial charge in [-0.25, -0.2) is 0 Å². The molecule has 0 aliphatic carbocycles. The monoisotopic (exact) mass is 552 g/mol. The van der Waals surface area contributed by atoms with E-state index in [1.54, 1.807) is 0 Å². The fourth-order valence-corrected chi connectivity index (χ4v) is 3.20. The van der Waals surface area contributed by atoms with Gasteiger partial charge in [0.15, 0.2) is 0 Å². The second-order valence-electron chi connectivity index (χ2n) is 9.10. The summed E-state index contributed by atoms with van der Waals surface area (Å²) >= 11 is 0. The van der Waals surface area contributed by atoms with Crippen LogP contribution in [0.15, 0.2) is 72.8 Å². The molecule has 3 unspecified atom stereocenters. The molecule has 3 fully saturated rings. The average Bonchev–Trinajstić information content (AvgIpc) is 3.84. The lowest BCUT2D eigenvalue weighted by Gasteiger charge is -2.06. The molecule has 6 nitrogen and oxygen atoms in total. The Labute approximate surface area is 241 Å². The van der Waals surface area contributed by atoms with Crippen LogP contribution in [0.25, 0.3) is 0 Å². The standard InChI is InChI=1S/3C10H12O2.2C2H6/c3*1-8-4-2-3-5-10(8)12-7-9-6-11-9;2*1-2/h3*2-5,9H,6-7H2,1H3;2*1-2H3. The van der Waals surface area contributed by atoms with E-state index in [0.717, 1.165) is 37.1 Å². The molecule has 3 aromatic carbocycles. The van der Waals surface area contributed by atoms with Gasteiger partial charge in [-0.15, -0.1) is 0 Å². The Balaban J connectivity index is 0.000000198. The number of hydrogen-bond donors (Lipinski definition) is 0. The number of rotatable bonds is 9. The molecule has 3 aliphatic heterocycles. The molecule has 3 heterocycles. The van der Waals surface area contributed by atoms with Crippen LogP contribution < -0.4 is 14.2 Å². The predicted molar refractivity (Wildman–Crippen MR) is 162 cm³/mol. The molecule has 220 valence electrons. The van der Waals surface area contributed by atoms with Gasteiger partial charge in [0.05, 0.1) is 19.8 Å². The largest absolute Gasteiger partial charge is 0.491 e. The van der Waals surface area contributed by atoms with Crippen LogP contribution in [0.2, 0.25) is 0 Å². The Morgan fingerprint density at radius 1 is 0.475 bits per heavy atom. The van der Waals surface area contributed by atoms with Crippen molar-refractivity contribution in [3.05, 3.63) is 89.5 Å². The maximum Gasteiger partial charge on any atom is 0.122 e. The van der Waals surface area contributed by atoms with E-state index in [1.165, 1.54) is 16.7 Å². The van der Waals surface area contributed by atoms with Gasteiger partial charge >= 0.3 is 0 Å². The molecular formula is C34H48O6. The van der Waals surface area contributed by atoms with E-state index < -0.39 is 0 Å². The SMILES string of the molecule is CC.CC.Cc1ccccc1OCC1CO1.Cc1ccccc1OCC1CO1.Cc1ccccc1OCC1CO1. The van der Waals surface area contributed by atoms with Crippen molar-refractivity contribution in [2.75, 3.05) is 39.6 Å². The molecule has 40 heavy (non-hydrogen) atoms. The lowest BCUT2D eigenvalue weighted by Crippen LogP contribution is -2.04. The number of hydrogen-bond acceptors (Lipinski definition) is 6. The molecule has 3 saturated heterocycles. The van der Waals surface area contributed by atoms with E-state index in [-0.39, 0.29) is 0 Å². The van der Waals surface area contributed by atoms with E-state index in [4.69, 9.17) is 28.4 Å². The third kappa shape index (κ3) is 13.8. The summed E-state index contributed by atoms with van der Waals surface area (Å²) in [6, 6.07) is 24.1. The number of ether oxygens (including phenoxy) is 6. The average molecular weight is 553 g/mol. The molecular weight excluding hydrogens is 504 g/mol. The summed E-state index contributed by atoms with van der Waals surface area (Å²) in [6.07, 6.45) is 1.01. The molecule has 0 N–H and O–H groups in total. The first-order chi connectivity index (χ1) is 19.6. The highest BCUT2D eigenvalue weighted by atomic mass is 16.6. The molecule has 3 aliphatic rings. The second kappa shape index (κ2) is 19.1. The molecule has 3 aromatic rings. The van der Waals surface area contributed by atoms with Gasteiger partial charge < -0.3 is 28.4 Å². The quantitative estimate of drug-likeness (QED) is 0.258. The first-order valence-electron chi connectivity index (χ1n) is 14.5. The molecule has 6 rings (SSSR count). The second-order valence-corrected chi connectivity index (χ2v) is 9.10. The summed E-state index contributed by atoms with van der Waals surface area (Å²) in [5.74, 6) is 2.90. The van der Waals surface area contributed by atoms with Gasteiger partial charge in [-0.2, -0.15) is 0 Å². The zero-order valence-electron chi connectivity index (χ0n) is 25.4. The number of epoxide rings is 3. The molecule has 3 atom stereocenters.